The van der Waals surface area contributed by atoms with Crippen LogP contribution in [-0.2, 0) is 6.54 Å². The smallest absolute Gasteiger partial charge is 0.146 e. The third-order valence-corrected chi connectivity index (χ3v) is 4.43. The Kier molecular flexibility index (Phi) is 5.22. The molecule has 1 heterocycles. The monoisotopic (exact) mass is 293 g/mol. The van der Waals surface area contributed by atoms with E-state index in [4.69, 9.17) is 0 Å². The van der Waals surface area contributed by atoms with Gasteiger partial charge in [-0.3, -0.25) is 4.90 Å². The van der Waals surface area contributed by atoms with Crippen molar-refractivity contribution in [2.45, 2.75) is 52.4 Å². The molecule has 1 saturated heterocycles. The third kappa shape index (κ3) is 3.95. The lowest BCUT2D eigenvalue weighted by Gasteiger charge is -2.43. The van der Waals surface area contributed by atoms with E-state index in [1.807, 2.05) is 12.1 Å². The highest BCUT2D eigenvalue weighted by Crippen LogP contribution is 2.25. The summed E-state index contributed by atoms with van der Waals surface area (Å²) in [7, 11) is 2.14. The molecule has 1 aliphatic rings. The summed E-state index contributed by atoms with van der Waals surface area (Å²) in [6.45, 7) is 11.0. The van der Waals surface area contributed by atoms with E-state index in [0.717, 1.165) is 24.3 Å². The lowest BCUT2D eigenvalue weighted by molar-refractivity contribution is 0.169. The van der Waals surface area contributed by atoms with Crippen LogP contribution in [-0.4, -0.2) is 43.2 Å². The topological polar surface area (TPSA) is 18.5 Å². The van der Waals surface area contributed by atoms with Crippen LogP contribution in [0.5, 0.6) is 0 Å². The van der Waals surface area contributed by atoms with Crippen LogP contribution in [0.1, 0.15) is 33.3 Å². The minimum Gasteiger partial charge on any atom is -0.366 e. The van der Waals surface area contributed by atoms with E-state index in [1.165, 1.54) is 0 Å². The predicted molar refractivity (Wildman–Crippen MR) is 87.3 cm³/mol. The van der Waals surface area contributed by atoms with E-state index in [2.05, 4.69) is 49.9 Å². The highest BCUT2D eigenvalue weighted by Gasteiger charge is 2.27. The number of hydrogen-bond donors (Lipinski definition) is 1. The molecule has 2 rings (SSSR count). The molecule has 1 aromatic carbocycles. The highest BCUT2D eigenvalue weighted by atomic mass is 19.1. The Morgan fingerprint density at radius 2 is 1.86 bits per heavy atom. The normalized spacial score (nSPS) is 23.9. The van der Waals surface area contributed by atoms with E-state index in [1.54, 1.807) is 6.07 Å². The number of nitrogens with zero attached hydrogens (tertiary/aromatic N) is 2. The molecule has 2 atom stereocenters. The highest BCUT2D eigenvalue weighted by molar-refractivity contribution is 5.50. The quantitative estimate of drug-likeness (QED) is 0.921. The Morgan fingerprint density at radius 3 is 2.38 bits per heavy atom. The number of benzene rings is 1. The van der Waals surface area contributed by atoms with Gasteiger partial charge < -0.3 is 10.2 Å². The molecule has 0 spiro atoms. The van der Waals surface area contributed by atoms with Crippen molar-refractivity contribution >= 4 is 5.69 Å². The largest absolute Gasteiger partial charge is 0.366 e. The van der Waals surface area contributed by atoms with Gasteiger partial charge in [0.15, 0.2) is 0 Å². The average molecular weight is 293 g/mol. The standard InChI is InChI=1S/C17H28FN3/c1-12(2)19-9-15-6-7-17(16(18)8-15)21-10-13(3)20(5)14(4)11-21/h6-8,12-14,19H,9-11H2,1-5H3. The van der Waals surface area contributed by atoms with Gasteiger partial charge in [0.1, 0.15) is 5.82 Å². The summed E-state index contributed by atoms with van der Waals surface area (Å²) < 4.78 is 14.4. The van der Waals surface area contributed by atoms with Gasteiger partial charge in [-0.1, -0.05) is 19.9 Å². The SMILES string of the molecule is CC(C)NCc1ccc(N2CC(C)N(C)C(C)C2)c(F)c1. The van der Waals surface area contributed by atoms with Crippen LogP contribution in [0.15, 0.2) is 18.2 Å². The lowest BCUT2D eigenvalue weighted by atomic mass is 10.1. The predicted octanol–water partition coefficient (Wildman–Crippen LogP) is 2.85. The van der Waals surface area contributed by atoms with Crippen molar-refractivity contribution in [3.05, 3.63) is 29.6 Å². The first-order chi connectivity index (χ1) is 9.88. The van der Waals surface area contributed by atoms with Crippen LogP contribution in [0, 0.1) is 5.82 Å². The van der Waals surface area contributed by atoms with E-state index >= 15 is 0 Å². The molecule has 118 valence electrons. The molecule has 0 aliphatic carbocycles. The Labute approximate surface area is 128 Å². The van der Waals surface area contributed by atoms with Crippen molar-refractivity contribution in [2.24, 2.45) is 0 Å². The number of nitrogens with one attached hydrogen (secondary N) is 1. The fourth-order valence-corrected chi connectivity index (χ4v) is 2.84. The molecule has 0 aromatic heterocycles. The molecule has 21 heavy (non-hydrogen) atoms. The number of likely N-dealkylation sites (N-methyl/N-ethyl adjacent to an activating group) is 1. The number of hydrogen-bond acceptors (Lipinski definition) is 3. The number of rotatable bonds is 4. The summed E-state index contributed by atoms with van der Waals surface area (Å²) in [6, 6.07) is 6.91. The van der Waals surface area contributed by atoms with Gasteiger partial charge in [-0.05, 0) is 38.6 Å². The van der Waals surface area contributed by atoms with Crippen LogP contribution in [0.25, 0.3) is 0 Å². The molecular weight excluding hydrogens is 265 g/mol. The van der Waals surface area contributed by atoms with E-state index in [-0.39, 0.29) is 5.82 Å². The number of halogens is 1. The van der Waals surface area contributed by atoms with Crippen molar-refractivity contribution in [3.8, 4) is 0 Å². The van der Waals surface area contributed by atoms with Crippen LogP contribution in [0.4, 0.5) is 10.1 Å². The maximum Gasteiger partial charge on any atom is 0.146 e. The maximum absolute atomic E-state index is 14.4. The maximum atomic E-state index is 14.4. The number of anilines is 1. The zero-order valence-electron chi connectivity index (χ0n) is 13.9. The van der Waals surface area contributed by atoms with Gasteiger partial charge >= 0.3 is 0 Å². The fraction of sp³-hybridized carbons (Fsp3) is 0.647. The molecule has 0 bridgehead atoms. The third-order valence-electron chi connectivity index (χ3n) is 4.43. The molecule has 1 N–H and O–H groups in total. The van der Waals surface area contributed by atoms with Gasteiger partial charge in [-0.25, -0.2) is 4.39 Å². The van der Waals surface area contributed by atoms with Gasteiger partial charge in [0.05, 0.1) is 5.69 Å². The molecule has 3 nitrogen and oxygen atoms in total. The minimum absolute atomic E-state index is 0.109. The molecular formula is C17H28FN3. The van der Waals surface area contributed by atoms with E-state index in [9.17, 15) is 4.39 Å². The summed E-state index contributed by atoms with van der Waals surface area (Å²) in [5, 5.41) is 3.32. The first kappa shape index (κ1) is 16.2. The Balaban J connectivity index is 2.10. The molecule has 1 aromatic rings. The molecule has 1 aliphatic heterocycles. The molecule has 0 saturated carbocycles. The first-order valence-electron chi connectivity index (χ1n) is 7.87. The minimum atomic E-state index is -0.109. The summed E-state index contributed by atoms with van der Waals surface area (Å²) in [5.74, 6) is -0.109. The number of piperazine rings is 1. The van der Waals surface area contributed by atoms with Gasteiger partial charge in [0.2, 0.25) is 0 Å². The Morgan fingerprint density at radius 1 is 1.24 bits per heavy atom. The Bertz CT molecular complexity index is 463. The average Bonchev–Trinajstić information content (AvgIpc) is 2.42. The van der Waals surface area contributed by atoms with Crippen molar-refractivity contribution in [3.63, 3.8) is 0 Å². The summed E-state index contributed by atoms with van der Waals surface area (Å²) in [6.07, 6.45) is 0. The first-order valence-corrected chi connectivity index (χ1v) is 7.87. The molecule has 2 unspecified atom stereocenters. The zero-order chi connectivity index (χ0) is 15.6. The van der Waals surface area contributed by atoms with Crippen molar-refractivity contribution in [2.75, 3.05) is 25.0 Å². The van der Waals surface area contributed by atoms with Crippen LogP contribution < -0.4 is 10.2 Å². The van der Waals surface area contributed by atoms with Crippen molar-refractivity contribution < 1.29 is 4.39 Å². The van der Waals surface area contributed by atoms with Crippen LogP contribution >= 0.6 is 0 Å². The van der Waals surface area contributed by atoms with Gasteiger partial charge in [0.25, 0.3) is 0 Å². The second-order valence-corrected chi connectivity index (χ2v) is 6.59. The lowest BCUT2D eigenvalue weighted by Crippen LogP contribution is -2.55. The van der Waals surface area contributed by atoms with Gasteiger partial charge in [-0.15, -0.1) is 0 Å². The zero-order valence-corrected chi connectivity index (χ0v) is 13.9. The van der Waals surface area contributed by atoms with E-state index in [0.29, 0.717) is 24.7 Å². The van der Waals surface area contributed by atoms with Crippen molar-refractivity contribution in [1.29, 1.82) is 0 Å². The molecule has 1 fully saturated rings. The summed E-state index contributed by atoms with van der Waals surface area (Å²) >= 11 is 0. The fourth-order valence-electron chi connectivity index (χ4n) is 2.84. The molecule has 0 amide bonds. The molecule has 4 heteroatoms. The molecule has 0 radical (unpaired) electrons. The summed E-state index contributed by atoms with van der Waals surface area (Å²) in [4.78, 5) is 4.53. The van der Waals surface area contributed by atoms with E-state index < -0.39 is 0 Å². The van der Waals surface area contributed by atoms with Crippen LogP contribution in [0.2, 0.25) is 0 Å². The van der Waals surface area contributed by atoms with Gasteiger partial charge in [0, 0.05) is 37.8 Å². The van der Waals surface area contributed by atoms with Crippen LogP contribution in [0.3, 0.4) is 0 Å². The van der Waals surface area contributed by atoms with Gasteiger partial charge in [-0.2, -0.15) is 0 Å². The summed E-state index contributed by atoms with van der Waals surface area (Å²) in [5.41, 5.74) is 1.73. The second-order valence-electron chi connectivity index (χ2n) is 6.59. The van der Waals surface area contributed by atoms with Crippen molar-refractivity contribution in [1.82, 2.24) is 10.2 Å². The Hall–Kier alpha value is -1.13. The second kappa shape index (κ2) is 6.75.